The van der Waals surface area contributed by atoms with Gasteiger partial charge in [-0.25, -0.2) is 4.68 Å². The molecule has 0 amide bonds. The van der Waals surface area contributed by atoms with E-state index in [1.165, 1.54) is 18.3 Å². The van der Waals surface area contributed by atoms with Gasteiger partial charge in [0.2, 0.25) is 0 Å². The van der Waals surface area contributed by atoms with Gasteiger partial charge < -0.3 is 0 Å². The van der Waals surface area contributed by atoms with Gasteiger partial charge in [-0.15, -0.1) is 0 Å². The molecule has 3 rings (SSSR count). The third-order valence-corrected chi connectivity index (χ3v) is 4.07. The Morgan fingerprint density at radius 2 is 1.78 bits per heavy atom. The SMILES string of the molecule is O=C(c1ccc(Cl)cc1)n1ccc(/C=C/c2ncc(C(F)(F)F)cc2Cl)n1. The Labute approximate surface area is 161 Å². The number of benzene rings is 1. The predicted octanol–water partition coefficient (Wildman–Crippen LogP) is 5.46. The van der Waals surface area contributed by atoms with E-state index >= 15 is 0 Å². The van der Waals surface area contributed by atoms with Crippen molar-refractivity contribution in [3.05, 3.63) is 81.4 Å². The fraction of sp³-hybridized carbons (Fsp3) is 0.0556. The third kappa shape index (κ3) is 4.56. The van der Waals surface area contributed by atoms with Crippen molar-refractivity contribution in [2.75, 3.05) is 0 Å². The van der Waals surface area contributed by atoms with E-state index in [9.17, 15) is 18.0 Å². The van der Waals surface area contributed by atoms with Gasteiger partial charge in [-0.3, -0.25) is 9.78 Å². The summed E-state index contributed by atoms with van der Waals surface area (Å²) in [5.41, 5.74) is 0.0475. The lowest BCUT2D eigenvalue weighted by Gasteiger charge is -2.07. The minimum Gasteiger partial charge on any atom is -0.267 e. The molecule has 0 fully saturated rings. The van der Waals surface area contributed by atoms with Gasteiger partial charge in [0.25, 0.3) is 5.91 Å². The molecule has 0 saturated heterocycles. The molecule has 0 spiro atoms. The molecule has 0 aliphatic heterocycles. The fourth-order valence-corrected chi connectivity index (χ4v) is 2.51. The van der Waals surface area contributed by atoms with Crippen LogP contribution in [0, 0.1) is 0 Å². The van der Waals surface area contributed by atoms with Crippen molar-refractivity contribution in [1.82, 2.24) is 14.8 Å². The Balaban J connectivity index is 1.77. The van der Waals surface area contributed by atoms with Crippen molar-refractivity contribution < 1.29 is 18.0 Å². The number of nitrogens with zero attached hydrogens (tertiary/aromatic N) is 3. The Morgan fingerprint density at radius 1 is 1.07 bits per heavy atom. The molecule has 0 radical (unpaired) electrons. The van der Waals surface area contributed by atoms with Gasteiger partial charge in [0.1, 0.15) is 0 Å². The van der Waals surface area contributed by atoms with E-state index in [1.54, 1.807) is 30.3 Å². The zero-order valence-electron chi connectivity index (χ0n) is 13.4. The summed E-state index contributed by atoms with van der Waals surface area (Å²) < 4.78 is 39.0. The van der Waals surface area contributed by atoms with Crippen LogP contribution in [0.5, 0.6) is 0 Å². The van der Waals surface area contributed by atoms with Crippen molar-refractivity contribution in [3.8, 4) is 0 Å². The highest BCUT2D eigenvalue weighted by atomic mass is 35.5. The van der Waals surface area contributed by atoms with E-state index in [-0.39, 0.29) is 16.6 Å². The number of aromatic nitrogens is 3. The first-order valence-corrected chi connectivity index (χ1v) is 8.26. The Bertz CT molecular complexity index is 1010. The number of carbonyl (C=O) groups is 1. The maximum absolute atomic E-state index is 12.6. The number of hydrogen-bond acceptors (Lipinski definition) is 3. The number of carbonyl (C=O) groups excluding carboxylic acids is 1. The molecule has 2 heterocycles. The minimum atomic E-state index is -4.51. The van der Waals surface area contributed by atoms with Gasteiger partial charge in [0, 0.05) is 23.0 Å². The van der Waals surface area contributed by atoms with Gasteiger partial charge >= 0.3 is 6.18 Å². The zero-order valence-corrected chi connectivity index (χ0v) is 14.9. The second kappa shape index (κ2) is 7.54. The quantitative estimate of drug-likeness (QED) is 0.574. The molecule has 0 N–H and O–H groups in total. The summed E-state index contributed by atoms with van der Waals surface area (Å²) in [6.45, 7) is 0. The lowest BCUT2D eigenvalue weighted by molar-refractivity contribution is -0.137. The molecular weight excluding hydrogens is 402 g/mol. The molecule has 0 bridgehead atoms. The van der Waals surface area contributed by atoms with Crippen LogP contribution in [0.4, 0.5) is 13.2 Å². The summed E-state index contributed by atoms with van der Waals surface area (Å²) in [6.07, 6.45) is 0.571. The van der Waals surface area contributed by atoms with Crippen molar-refractivity contribution >= 4 is 41.3 Å². The Morgan fingerprint density at radius 3 is 2.41 bits per heavy atom. The lowest BCUT2D eigenvalue weighted by Crippen LogP contribution is -2.12. The molecule has 2 aromatic heterocycles. The molecule has 1 aromatic carbocycles. The highest BCUT2D eigenvalue weighted by Crippen LogP contribution is 2.31. The van der Waals surface area contributed by atoms with Crippen LogP contribution < -0.4 is 0 Å². The highest BCUT2D eigenvalue weighted by molar-refractivity contribution is 6.32. The molecule has 4 nitrogen and oxygen atoms in total. The van der Waals surface area contributed by atoms with E-state index in [0.29, 0.717) is 22.5 Å². The molecule has 0 unspecified atom stereocenters. The standard InChI is InChI=1S/C18H10Cl2F3N3O/c19-13-3-1-11(2-4-13)17(27)26-8-7-14(25-26)5-6-16-15(20)9-12(10-24-16)18(21,22)23/h1-10H/b6-5+. The summed E-state index contributed by atoms with van der Waals surface area (Å²) in [4.78, 5) is 16.0. The first kappa shape index (κ1) is 19.1. The average Bonchev–Trinajstić information content (AvgIpc) is 3.09. The van der Waals surface area contributed by atoms with Crippen molar-refractivity contribution in [3.63, 3.8) is 0 Å². The summed E-state index contributed by atoms with van der Waals surface area (Å²) in [5.74, 6) is -0.350. The van der Waals surface area contributed by atoms with Crippen LogP contribution in [0.1, 0.15) is 27.3 Å². The molecule has 0 aliphatic rings. The number of rotatable bonds is 3. The molecule has 0 atom stereocenters. The molecule has 138 valence electrons. The molecular formula is C18H10Cl2F3N3O. The predicted molar refractivity (Wildman–Crippen MR) is 96.6 cm³/mol. The third-order valence-electron chi connectivity index (χ3n) is 3.52. The molecule has 9 heteroatoms. The van der Waals surface area contributed by atoms with Crippen molar-refractivity contribution in [2.45, 2.75) is 6.18 Å². The molecule has 3 aromatic rings. The summed E-state index contributed by atoms with van der Waals surface area (Å²) >= 11 is 11.6. The lowest BCUT2D eigenvalue weighted by atomic mass is 10.2. The van der Waals surface area contributed by atoms with E-state index < -0.39 is 11.7 Å². The normalized spacial score (nSPS) is 11.9. The molecule has 27 heavy (non-hydrogen) atoms. The van der Waals surface area contributed by atoms with Crippen molar-refractivity contribution in [1.29, 1.82) is 0 Å². The van der Waals surface area contributed by atoms with Gasteiger partial charge in [-0.1, -0.05) is 23.2 Å². The first-order chi connectivity index (χ1) is 12.7. The van der Waals surface area contributed by atoms with Crippen LogP contribution in [-0.2, 0) is 6.18 Å². The van der Waals surface area contributed by atoms with E-state index in [4.69, 9.17) is 23.2 Å². The Hall–Kier alpha value is -2.64. The minimum absolute atomic E-state index is 0.141. The monoisotopic (exact) mass is 411 g/mol. The van der Waals surface area contributed by atoms with E-state index in [1.807, 2.05) is 0 Å². The highest BCUT2D eigenvalue weighted by Gasteiger charge is 2.31. The topological polar surface area (TPSA) is 47.8 Å². The van der Waals surface area contributed by atoms with Gasteiger partial charge in [0.15, 0.2) is 0 Å². The van der Waals surface area contributed by atoms with Crippen LogP contribution in [0.25, 0.3) is 12.2 Å². The van der Waals surface area contributed by atoms with Crippen LogP contribution in [0.2, 0.25) is 10.0 Å². The largest absolute Gasteiger partial charge is 0.417 e. The van der Waals surface area contributed by atoms with Crippen LogP contribution in [-0.4, -0.2) is 20.7 Å². The van der Waals surface area contributed by atoms with Gasteiger partial charge in [-0.2, -0.15) is 18.3 Å². The maximum Gasteiger partial charge on any atom is 0.417 e. The summed E-state index contributed by atoms with van der Waals surface area (Å²) in [7, 11) is 0. The Kier molecular flexibility index (Phi) is 5.34. The second-order valence-corrected chi connectivity index (χ2v) is 6.26. The van der Waals surface area contributed by atoms with E-state index in [2.05, 4.69) is 10.1 Å². The fourth-order valence-electron chi connectivity index (χ4n) is 2.16. The smallest absolute Gasteiger partial charge is 0.267 e. The second-order valence-electron chi connectivity index (χ2n) is 5.42. The van der Waals surface area contributed by atoms with Gasteiger partial charge in [0.05, 0.1) is 22.0 Å². The van der Waals surface area contributed by atoms with Crippen molar-refractivity contribution in [2.24, 2.45) is 0 Å². The van der Waals surface area contributed by atoms with Gasteiger partial charge in [-0.05, 0) is 48.6 Å². The molecule has 0 aliphatic carbocycles. The van der Waals surface area contributed by atoms with Crippen LogP contribution >= 0.6 is 23.2 Å². The summed E-state index contributed by atoms with van der Waals surface area (Å²) in [5, 5.41) is 4.48. The van der Waals surface area contributed by atoms with Crippen LogP contribution in [0.3, 0.4) is 0 Å². The first-order valence-electron chi connectivity index (χ1n) is 7.51. The number of pyridine rings is 1. The average molecular weight is 412 g/mol. The van der Waals surface area contributed by atoms with Crippen LogP contribution in [0.15, 0.2) is 48.8 Å². The zero-order chi connectivity index (χ0) is 19.6. The number of halogens is 5. The maximum atomic E-state index is 12.6. The molecule has 0 saturated carbocycles. The number of hydrogen-bond donors (Lipinski definition) is 0. The summed E-state index contributed by atoms with van der Waals surface area (Å²) in [6, 6.07) is 8.72. The number of alkyl halides is 3. The van der Waals surface area contributed by atoms with E-state index in [0.717, 1.165) is 10.7 Å².